The fraction of sp³-hybridized carbons (Fsp3) is 0.556. The lowest BCUT2D eigenvalue weighted by Crippen LogP contribution is -2.10. The van der Waals surface area contributed by atoms with Crippen molar-refractivity contribution in [2.24, 2.45) is 5.92 Å². The zero-order valence-electron chi connectivity index (χ0n) is 14.1. The second kappa shape index (κ2) is 7.43. The van der Waals surface area contributed by atoms with E-state index in [1.165, 1.54) is 19.3 Å². The summed E-state index contributed by atoms with van der Waals surface area (Å²) in [5.74, 6) is 0.849. The molecule has 2 rings (SSSR count). The summed E-state index contributed by atoms with van der Waals surface area (Å²) in [5.41, 5.74) is 1.57. The van der Waals surface area contributed by atoms with Crippen LogP contribution < -0.4 is 4.74 Å². The lowest BCUT2D eigenvalue weighted by Gasteiger charge is -2.04. The smallest absolute Gasteiger partial charge is 0.186 e. The van der Waals surface area contributed by atoms with Gasteiger partial charge in [-0.15, -0.1) is 0 Å². The molecular formula is C18H26N2O2. The largest absolute Gasteiger partial charge is 0.497 e. The van der Waals surface area contributed by atoms with Crippen LogP contribution in [0.4, 0.5) is 0 Å². The Bertz CT molecular complexity index is 644. The minimum atomic E-state index is -0.0475. The Morgan fingerprint density at radius 1 is 1.27 bits per heavy atom. The number of carbonyl (C=O) groups excluding carboxylic acids is 1. The third-order valence-corrected chi connectivity index (χ3v) is 3.94. The number of nitrogens with zero attached hydrogens (tertiary/aromatic N) is 2. The molecule has 22 heavy (non-hydrogen) atoms. The molecule has 0 aliphatic rings. The number of unbranched alkanes of at least 4 members (excludes halogenated alkanes) is 3. The highest BCUT2D eigenvalue weighted by atomic mass is 16.5. The van der Waals surface area contributed by atoms with Gasteiger partial charge in [-0.05, 0) is 18.6 Å². The molecule has 0 fully saturated rings. The van der Waals surface area contributed by atoms with Crippen LogP contribution in [-0.2, 0) is 6.54 Å². The highest BCUT2D eigenvalue weighted by Gasteiger charge is 2.19. The molecule has 0 spiro atoms. The fourth-order valence-corrected chi connectivity index (χ4v) is 2.59. The summed E-state index contributed by atoms with van der Waals surface area (Å²) in [6.45, 7) is 6.87. The van der Waals surface area contributed by atoms with Gasteiger partial charge in [0.05, 0.1) is 12.6 Å². The first-order valence-electron chi connectivity index (χ1n) is 8.17. The SMILES string of the molecule is CCCCCCn1nc(C(=O)C(C)C)c2ccc(OC)cc21. The predicted octanol–water partition coefficient (Wildman–Crippen LogP) is 4.46. The van der Waals surface area contributed by atoms with Gasteiger partial charge in [-0.3, -0.25) is 9.48 Å². The van der Waals surface area contributed by atoms with Crippen molar-refractivity contribution in [3.05, 3.63) is 23.9 Å². The molecule has 0 bridgehead atoms. The van der Waals surface area contributed by atoms with Crippen molar-refractivity contribution in [1.29, 1.82) is 0 Å². The standard InChI is InChI=1S/C18H26N2O2/c1-5-6-7-8-11-20-16-12-14(22-4)9-10-15(16)17(19-20)18(21)13(2)3/h9-10,12-13H,5-8,11H2,1-4H3. The number of Topliss-reactive ketones (excluding diaryl/α,β-unsaturated/α-hetero) is 1. The van der Waals surface area contributed by atoms with Crippen LogP contribution in [0, 0.1) is 5.92 Å². The summed E-state index contributed by atoms with van der Waals surface area (Å²) in [4.78, 5) is 12.4. The summed E-state index contributed by atoms with van der Waals surface area (Å²) in [6.07, 6.45) is 4.72. The molecule has 0 unspecified atom stereocenters. The second-order valence-corrected chi connectivity index (χ2v) is 6.03. The summed E-state index contributed by atoms with van der Waals surface area (Å²) in [5, 5.41) is 5.52. The Hall–Kier alpha value is -1.84. The van der Waals surface area contributed by atoms with E-state index < -0.39 is 0 Å². The molecule has 1 aromatic carbocycles. The van der Waals surface area contributed by atoms with Gasteiger partial charge in [0.2, 0.25) is 0 Å². The van der Waals surface area contributed by atoms with E-state index in [4.69, 9.17) is 4.74 Å². The van der Waals surface area contributed by atoms with Gasteiger partial charge in [-0.25, -0.2) is 0 Å². The number of ether oxygens (including phenoxy) is 1. The molecule has 0 radical (unpaired) electrons. The number of fused-ring (bicyclic) bond motifs is 1. The van der Waals surface area contributed by atoms with Crippen molar-refractivity contribution in [2.45, 2.75) is 53.0 Å². The molecule has 0 aliphatic carbocycles. The summed E-state index contributed by atoms with van der Waals surface area (Å²) in [6, 6.07) is 5.81. The highest BCUT2D eigenvalue weighted by molar-refractivity contribution is 6.07. The Kier molecular flexibility index (Phi) is 5.58. The third-order valence-electron chi connectivity index (χ3n) is 3.94. The quantitative estimate of drug-likeness (QED) is 0.534. The number of methoxy groups -OCH3 is 1. The average Bonchev–Trinajstić information content (AvgIpc) is 2.88. The molecule has 120 valence electrons. The van der Waals surface area contributed by atoms with E-state index in [0.717, 1.165) is 29.6 Å². The number of aromatic nitrogens is 2. The monoisotopic (exact) mass is 302 g/mol. The number of aryl methyl sites for hydroxylation is 1. The molecule has 0 aliphatic heterocycles. The summed E-state index contributed by atoms with van der Waals surface area (Å²) >= 11 is 0. The van der Waals surface area contributed by atoms with Crippen LogP contribution in [0.25, 0.3) is 10.9 Å². The first kappa shape index (κ1) is 16.5. The molecule has 0 saturated carbocycles. The Morgan fingerprint density at radius 3 is 2.68 bits per heavy atom. The zero-order chi connectivity index (χ0) is 16.1. The van der Waals surface area contributed by atoms with E-state index in [1.807, 2.05) is 36.7 Å². The van der Waals surface area contributed by atoms with Crippen LogP contribution in [0.15, 0.2) is 18.2 Å². The molecule has 0 N–H and O–H groups in total. The van der Waals surface area contributed by atoms with Gasteiger partial charge >= 0.3 is 0 Å². The first-order chi connectivity index (χ1) is 10.6. The Labute approximate surface area is 132 Å². The van der Waals surface area contributed by atoms with Gasteiger partial charge in [0.1, 0.15) is 11.4 Å². The summed E-state index contributed by atoms with van der Waals surface area (Å²) in [7, 11) is 1.66. The maximum absolute atomic E-state index is 12.4. The lowest BCUT2D eigenvalue weighted by molar-refractivity contribution is 0.0935. The molecule has 0 saturated heterocycles. The van der Waals surface area contributed by atoms with Crippen LogP contribution >= 0.6 is 0 Å². The molecule has 2 aromatic rings. The Morgan fingerprint density at radius 2 is 2.05 bits per heavy atom. The molecule has 0 atom stereocenters. The van der Waals surface area contributed by atoms with Crippen molar-refractivity contribution in [1.82, 2.24) is 9.78 Å². The number of rotatable bonds is 8. The maximum atomic E-state index is 12.4. The predicted molar refractivity (Wildman–Crippen MR) is 89.6 cm³/mol. The number of carbonyl (C=O) groups is 1. The second-order valence-electron chi connectivity index (χ2n) is 6.03. The molecule has 4 heteroatoms. The molecule has 1 heterocycles. The van der Waals surface area contributed by atoms with E-state index in [9.17, 15) is 4.79 Å². The number of ketones is 1. The molecule has 0 amide bonds. The minimum Gasteiger partial charge on any atom is -0.497 e. The molecular weight excluding hydrogens is 276 g/mol. The highest BCUT2D eigenvalue weighted by Crippen LogP contribution is 2.26. The third kappa shape index (κ3) is 3.49. The van der Waals surface area contributed by atoms with Gasteiger partial charge in [-0.1, -0.05) is 40.0 Å². The topological polar surface area (TPSA) is 44.1 Å². The number of hydrogen-bond donors (Lipinski definition) is 0. The van der Waals surface area contributed by atoms with E-state index in [2.05, 4.69) is 12.0 Å². The Balaban J connectivity index is 2.38. The lowest BCUT2D eigenvalue weighted by atomic mass is 10.0. The van der Waals surface area contributed by atoms with Crippen LogP contribution in [-0.4, -0.2) is 22.7 Å². The van der Waals surface area contributed by atoms with Crippen molar-refractivity contribution in [3.63, 3.8) is 0 Å². The van der Waals surface area contributed by atoms with E-state index in [-0.39, 0.29) is 11.7 Å². The summed E-state index contributed by atoms with van der Waals surface area (Å²) < 4.78 is 7.27. The number of benzene rings is 1. The van der Waals surface area contributed by atoms with Gasteiger partial charge in [0.15, 0.2) is 5.78 Å². The number of hydrogen-bond acceptors (Lipinski definition) is 3. The van der Waals surface area contributed by atoms with Crippen molar-refractivity contribution in [3.8, 4) is 5.75 Å². The van der Waals surface area contributed by atoms with Crippen LogP contribution in [0.2, 0.25) is 0 Å². The maximum Gasteiger partial charge on any atom is 0.186 e. The molecule has 4 nitrogen and oxygen atoms in total. The van der Waals surface area contributed by atoms with Crippen molar-refractivity contribution >= 4 is 16.7 Å². The van der Waals surface area contributed by atoms with Crippen LogP contribution in [0.1, 0.15) is 56.9 Å². The van der Waals surface area contributed by atoms with Gasteiger partial charge < -0.3 is 4.74 Å². The first-order valence-corrected chi connectivity index (χ1v) is 8.17. The van der Waals surface area contributed by atoms with Gasteiger partial charge in [-0.2, -0.15) is 5.10 Å². The van der Waals surface area contributed by atoms with E-state index in [0.29, 0.717) is 5.69 Å². The zero-order valence-corrected chi connectivity index (χ0v) is 14.1. The van der Waals surface area contributed by atoms with Crippen LogP contribution in [0.3, 0.4) is 0 Å². The van der Waals surface area contributed by atoms with Gasteiger partial charge in [0.25, 0.3) is 0 Å². The minimum absolute atomic E-state index is 0.0475. The van der Waals surface area contributed by atoms with E-state index >= 15 is 0 Å². The average molecular weight is 302 g/mol. The molecule has 1 aromatic heterocycles. The van der Waals surface area contributed by atoms with Crippen LogP contribution in [0.5, 0.6) is 5.75 Å². The van der Waals surface area contributed by atoms with Crippen molar-refractivity contribution < 1.29 is 9.53 Å². The van der Waals surface area contributed by atoms with E-state index in [1.54, 1.807) is 7.11 Å². The van der Waals surface area contributed by atoms with Gasteiger partial charge in [0, 0.05) is 23.9 Å². The van der Waals surface area contributed by atoms with Crippen molar-refractivity contribution in [2.75, 3.05) is 7.11 Å². The normalized spacial score (nSPS) is 11.3. The fourth-order valence-electron chi connectivity index (χ4n) is 2.59.